The third kappa shape index (κ3) is 3.57. The van der Waals surface area contributed by atoms with Crippen LogP contribution in [0.4, 0.5) is 5.69 Å². The predicted molar refractivity (Wildman–Crippen MR) is 99.3 cm³/mol. The van der Waals surface area contributed by atoms with Gasteiger partial charge >= 0.3 is 0 Å². The normalized spacial score (nSPS) is 10.6. The van der Waals surface area contributed by atoms with E-state index in [1.807, 2.05) is 72.8 Å². The molecule has 1 aromatic heterocycles. The second-order valence-electron chi connectivity index (χ2n) is 5.79. The topological polar surface area (TPSA) is 64.4 Å². The minimum atomic E-state index is -0.166. The van der Waals surface area contributed by atoms with E-state index in [4.69, 9.17) is 9.26 Å². The molecule has 0 aliphatic rings. The Morgan fingerprint density at radius 1 is 0.923 bits per heavy atom. The molecule has 1 amide bonds. The van der Waals surface area contributed by atoms with Gasteiger partial charge in [-0.15, -0.1) is 0 Å². The van der Waals surface area contributed by atoms with Gasteiger partial charge in [-0.1, -0.05) is 41.6 Å². The number of anilines is 1. The Labute approximate surface area is 150 Å². The van der Waals surface area contributed by atoms with Crippen molar-refractivity contribution < 1.29 is 14.1 Å². The first-order chi connectivity index (χ1) is 12.8. The van der Waals surface area contributed by atoms with Crippen molar-refractivity contribution in [3.05, 3.63) is 84.6 Å². The summed E-state index contributed by atoms with van der Waals surface area (Å²) in [5, 5.41) is 7.71. The fourth-order valence-electron chi connectivity index (χ4n) is 2.68. The molecule has 5 nitrogen and oxygen atoms in total. The van der Waals surface area contributed by atoms with Crippen molar-refractivity contribution in [2.75, 3.05) is 5.32 Å². The standard InChI is InChI=1S/C21H16N2O3/c24-21(14-19-18-11-4-5-12-20(18)26-23-19)22-15-7-6-10-17(13-15)25-16-8-2-1-3-9-16/h1-13H,14H2,(H,22,24). The number of nitrogens with zero attached hydrogens (tertiary/aromatic N) is 1. The van der Waals surface area contributed by atoms with E-state index in [1.165, 1.54) is 0 Å². The van der Waals surface area contributed by atoms with E-state index in [1.54, 1.807) is 6.07 Å². The van der Waals surface area contributed by atoms with Gasteiger partial charge in [0.2, 0.25) is 5.91 Å². The van der Waals surface area contributed by atoms with Crippen molar-refractivity contribution >= 4 is 22.6 Å². The molecule has 1 N–H and O–H groups in total. The SMILES string of the molecule is O=C(Cc1noc2ccccc12)Nc1cccc(Oc2ccccc2)c1. The molecule has 0 saturated carbocycles. The van der Waals surface area contributed by atoms with Gasteiger partial charge in [0.25, 0.3) is 0 Å². The molecule has 0 fully saturated rings. The van der Waals surface area contributed by atoms with Crippen LogP contribution in [-0.2, 0) is 11.2 Å². The summed E-state index contributed by atoms with van der Waals surface area (Å²) in [5.41, 5.74) is 1.96. The Hall–Kier alpha value is -3.60. The smallest absolute Gasteiger partial charge is 0.230 e. The average molecular weight is 344 g/mol. The highest BCUT2D eigenvalue weighted by molar-refractivity contribution is 5.94. The summed E-state index contributed by atoms with van der Waals surface area (Å²) in [6, 6.07) is 24.2. The number of fused-ring (bicyclic) bond motifs is 1. The average Bonchev–Trinajstić information content (AvgIpc) is 3.06. The first kappa shape index (κ1) is 15.9. The molecule has 0 radical (unpaired) electrons. The number of ether oxygens (including phenoxy) is 1. The summed E-state index contributed by atoms with van der Waals surface area (Å²) < 4.78 is 11.0. The van der Waals surface area contributed by atoms with Crippen molar-refractivity contribution in [1.29, 1.82) is 0 Å². The lowest BCUT2D eigenvalue weighted by Gasteiger charge is -2.08. The van der Waals surface area contributed by atoms with Crippen LogP contribution in [0.1, 0.15) is 5.69 Å². The molecule has 0 aliphatic carbocycles. The van der Waals surface area contributed by atoms with Gasteiger partial charge in [-0.2, -0.15) is 0 Å². The lowest BCUT2D eigenvalue weighted by atomic mass is 10.1. The maximum absolute atomic E-state index is 12.4. The van der Waals surface area contributed by atoms with Crippen LogP contribution in [0.15, 0.2) is 83.4 Å². The van der Waals surface area contributed by atoms with Gasteiger partial charge in [0.15, 0.2) is 5.58 Å². The molecule has 128 valence electrons. The van der Waals surface area contributed by atoms with E-state index < -0.39 is 0 Å². The van der Waals surface area contributed by atoms with Crippen molar-refractivity contribution in [3.8, 4) is 11.5 Å². The number of hydrogen-bond acceptors (Lipinski definition) is 4. The molecule has 5 heteroatoms. The van der Waals surface area contributed by atoms with E-state index in [9.17, 15) is 4.79 Å². The number of carbonyl (C=O) groups is 1. The highest BCUT2D eigenvalue weighted by Gasteiger charge is 2.12. The third-order valence-electron chi connectivity index (χ3n) is 3.88. The Morgan fingerprint density at radius 3 is 2.58 bits per heavy atom. The first-order valence-corrected chi connectivity index (χ1v) is 8.24. The zero-order chi connectivity index (χ0) is 17.8. The van der Waals surface area contributed by atoms with Crippen LogP contribution in [0.5, 0.6) is 11.5 Å². The molecule has 0 saturated heterocycles. The number of carbonyl (C=O) groups excluding carboxylic acids is 1. The Bertz CT molecular complexity index is 1040. The van der Waals surface area contributed by atoms with Crippen molar-refractivity contribution in [2.45, 2.75) is 6.42 Å². The number of hydrogen-bond donors (Lipinski definition) is 1. The minimum absolute atomic E-state index is 0.140. The van der Waals surface area contributed by atoms with E-state index >= 15 is 0 Å². The lowest BCUT2D eigenvalue weighted by Crippen LogP contribution is -2.14. The summed E-state index contributed by atoms with van der Waals surface area (Å²) in [4.78, 5) is 12.4. The molecule has 26 heavy (non-hydrogen) atoms. The van der Waals surface area contributed by atoms with Crippen LogP contribution < -0.4 is 10.1 Å². The highest BCUT2D eigenvalue weighted by atomic mass is 16.5. The predicted octanol–water partition coefficient (Wildman–Crippen LogP) is 4.80. The van der Waals surface area contributed by atoms with Gasteiger partial charge in [0.05, 0.1) is 6.42 Å². The van der Waals surface area contributed by atoms with Gasteiger partial charge in [-0.3, -0.25) is 4.79 Å². The first-order valence-electron chi connectivity index (χ1n) is 8.24. The largest absolute Gasteiger partial charge is 0.457 e. The van der Waals surface area contributed by atoms with Crippen LogP contribution in [0.2, 0.25) is 0 Å². The fraction of sp³-hybridized carbons (Fsp3) is 0.0476. The molecule has 4 aromatic rings. The summed E-state index contributed by atoms with van der Waals surface area (Å²) >= 11 is 0. The van der Waals surface area contributed by atoms with Gasteiger partial charge in [0, 0.05) is 17.1 Å². The lowest BCUT2D eigenvalue weighted by molar-refractivity contribution is -0.115. The fourth-order valence-corrected chi connectivity index (χ4v) is 2.68. The number of para-hydroxylation sites is 2. The molecule has 0 atom stereocenters. The number of amides is 1. The molecule has 0 aliphatic heterocycles. The third-order valence-corrected chi connectivity index (χ3v) is 3.88. The zero-order valence-electron chi connectivity index (χ0n) is 13.9. The number of nitrogens with one attached hydrogen (secondary N) is 1. The van der Waals surface area contributed by atoms with Gasteiger partial charge in [0.1, 0.15) is 17.2 Å². The zero-order valence-corrected chi connectivity index (χ0v) is 13.9. The molecule has 1 heterocycles. The van der Waals surface area contributed by atoms with Crippen molar-refractivity contribution in [3.63, 3.8) is 0 Å². The summed E-state index contributed by atoms with van der Waals surface area (Å²) in [6.07, 6.45) is 0.140. The number of benzene rings is 3. The van der Waals surface area contributed by atoms with E-state index in [2.05, 4.69) is 10.5 Å². The van der Waals surface area contributed by atoms with Gasteiger partial charge < -0.3 is 14.6 Å². The van der Waals surface area contributed by atoms with Crippen molar-refractivity contribution in [2.24, 2.45) is 0 Å². The monoisotopic (exact) mass is 344 g/mol. The van der Waals surface area contributed by atoms with E-state index in [0.29, 0.717) is 22.7 Å². The van der Waals surface area contributed by atoms with Crippen molar-refractivity contribution in [1.82, 2.24) is 5.16 Å². The van der Waals surface area contributed by atoms with E-state index in [0.717, 1.165) is 11.1 Å². The molecule has 0 bridgehead atoms. The van der Waals surface area contributed by atoms with Crippen LogP contribution >= 0.6 is 0 Å². The van der Waals surface area contributed by atoms with E-state index in [-0.39, 0.29) is 12.3 Å². The maximum Gasteiger partial charge on any atom is 0.230 e. The molecule has 4 rings (SSSR count). The second-order valence-corrected chi connectivity index (χ2v) is 5.79. The Kier molecular flexibility index (Phi) is 4.35. The Balaban J connectivity index is 1.45. The number of aromatic nitrogens is 1. The Morgan fingerprint density at radius 2 is 1.69 bits per heavy atom. The highest BCUT2D eigenvalue weighted by Crippen LogP contribution is 2.24. The molecule has 3 aromatic carbocycles. The summed E-state index contributed by atoms with van der Waals surface area (Å²) in [7, 11) is 0. The van der Waals surface area contributed by atoms with Gasteiger partial charge in [-0.05, 0) is 36.4 Å². The summed E-state index contributed by atoms with van der Waals surface area (Å²) in [5.74, 6) is 1.23. The van der Waals surface area contributed by atoms with Crippen LogP contribution in [0, 0.1) is 0 Å². The molecule has 0 spiro atoms. The van der Waals surface area contributed by atoms with Crippen LogP contribution in [0.25, 0.3) is 11.0 Å². The molecule has 0 unspecified atom stereocenters. The molecular weight excluding hydrogens is 328 g/mol. The second kappa shape index (κ2) is 7.11. The van der Waals surface area contributed by atoms with Crippen LogP contribution in [0.3, 0.4) is 0 Å². The molecular formula is C21H16N2O3. The number of rotatable bonds is 5. The van der Waals surface area contributed by atoms with Gasteiger partial charge in [-0.25, -0.2) is 0 Å². The maximum atomic E-state index is 12.4. The quantitative estimate of drug-likeness (QED) is 0.565. The minimum Gasteiger partial charge on any atom is -0.457 e. The van der Waals surface area contributed by atoms with Crippen LogP contribution in [-0.4, -0.2) is 11.1 Å². The summed E-state index contributed by atoms with van der Waals surface area (Å²) in [6.45, 7) is 0.